The maximum atomic E-state index is 13.3. The molecule has 4 heteroatoms. The SMILES string of the molecule is Cc1[nH]c2ccccc2c1C1c2ccccc2C=CN1C(=O)c1ccc[cH-]1.[Fe+2].c1cc[cH-]c1. The number of benzene rings is 2. The molecule has 0 fully saturated rings. The first-order valence-electron chi connectivity index (χ1n) is 10.8. The molecule has 0 radical (unpaired) electrons. The molecule has 1 atom stereocenters. The Morgan fingerprint density at radius 1 is 0.909 bits per heavy atom. The molecule has 33 heavy (non-hydrogen) atoms. The van der Waals surface area contributed by atoms with E-state index in [-0.39, 0.29) is 29.0 Å². The molecule has 1 aliphatic rings. The summed E-state index contributed by atoms with van der Waals surface area (Å²) in [5.41, 5.74) is 6.35. The van der Waals surface area contributed by atoms with Crippen LogP contribution >= 0.6 is 0 Å². The average molecular weight is 472 g/mol. The van der Waals surface area contributed by atoms with Crippen molar-refractivity contribution in [3.63, 3.8) is 0 Å². The van der Waals surface area contributed by atoms with Crippen molar-refractivity contribution in [2.75, 3.05) is 0 Å². The minimum absolute atomic E-state index is 0. The summed E-state index contributed by atoms with van der Waals surface area (Å²) in [7, 11) is 0. The molecule has 0 aliphatic carbocycles. The van der Waals surface area contributed by atoms with Crippen molar-refractivity contribution in [2.24, 2.45) is 0 Å². The quantitative estimate of drug-likeness (QED) is 0.222. The maximum absolute atomic E-state index is 13.3. The number of fused-ring (bicyclic) bond motifs is 2. The van der Waals surface area contributed by atoms with E-state index in [4.69, 9.17) is 0 Å². The first-order chi connectivity index (χ1) is 15.7. The number of nitrogens with zero attached hydrogens (tertiary/aromatic N) is 1. The van der Waals surface area contributed by atoms with Crippen LogP contribution in [0.5, 0.6) is 0 Å². The monoisotopic (exact) mass is 472 g/mol. The van der Waals surface area contributed by atoms with Gasteiger partial charge in [-0.3, -0.25) is 0 Å². The summed E-state index contributed by atoms with van der Waals surface area (Å²) in [5.74, 6) is 0.0143. The van der Waals surface area contributed by atoms with Gasteiger partial charge in [0, 0.05) is 22.2 Å². The number of rotatable bonds is 2. The number of hydrogen-bond donors (Lipinski definition) is 1. The van der Waals surface area contributed by atoms with Crippen LogP contribution in [0.4, 0.5) is 0 Å². The largest absolute Gasteiger partial charge is 2.00 e. The van der Waals surface area contributed by atoms with E-state index >= 15 is 0 Å². The number of para-hydroxylation sites is 1. The van der Waals surface area contributed by atoms with Crippen LogP contribution in [0.3, 0.4) is 0 Å². The summed E-state index contributed by atoms with van der Waals surface area (Å²) in [4.78, 5) is 18.6. The molecule has 0 bridgehead atoms. The second kappa shape index (κ2) is 9.91. The molecule has 5 aromatic rings. The average Bonchev–Trinajstić information content (AvgIpc) is 3.61. The van der Waals surface area contributed by atoms with Crippen LogP contribution < -0.4 is 0 Å². The third kappa shape index (κ3) is 4.36. The molecule has 0 saturated carbocycles. The Balaban J connectivity index is 0.000000385. The van der Waals surface area contributed by atoms with E-state index in [1.807, 2.05) is 96.0 Å². The molecule has 0 spiro atoms. The molecule has 0 saturated heterocycles. The van der Waals surface area contributed by atoms with E-state index in [1.54, 1.807) is 0 Å². The third-order valence-electron chi connectivity index (χ3n) is 5.90. The Kier molecular flexibility index (Phi) is 6.79. The van der Waals surface area contributed by atoms with Crippen LogP contribution in [0, 0.1) is 6.92 Å². The number of aryl methyl sites for hydroxylation is 1. The van der Waals surface area contributed by atoms with Gasteiger partial charge in [0.05, 0.1) is 6.04 Å². The number of aromatic amines is 1. The second-order valence-corrected chi connectivity index (χ2v) is 7.90. The summed E-state index contributed by atoms with van der Waals surface area (Å²) in [6, 6.07) is 34.0. The van der Waals surface area contributed by atoms with E-state index in [2.05, 4.69) is 36.2 Å². The molecule has 1 aromatic heterocycles. The molecular formula is C29H24FeN2O. The second-order valence-electron chi connectivity index (χ2n) is 7.90. The Morgan fingerprint density at radius 3 is 2.39 bits per heavy atom. The van der Waals surface area contributed by atoms with E-state index in [0.717, 1.165) is 33.3 Å². The number of carbonyl (C=O) groups excluding carboxylic acids is 1. The number of aromatic nitrogens is 1. The summed E-state index contributed by atoms with van der Waals surface area (Å²) < 4.78 is 0. The molecular weight excluding hydrogens is 448 g/mol. The van der Waals surface area contributed by atoms with Crippen LogP contribution in [0.25, 0.3) is 17.0 Å². The molecule has 2 heterocycles. The summed E-state index contributed by atoms with van der Waals surface area (Å²) in [5, 5.41) is 1.16. The number of H-pyrrole nitrogens is 1. The van der Waals surface area contributed by atoms with Gasteiger partial charge in [-0.15, -0.1) is 6.07 Å². The number of nitrogens with one attached hydrogen (secondary N) is 1. The molecule has 4 aromatic carbocycles. The first-order valence-corrected chi connectivity index (χ1v) is 10.8. The maximum Gasteiger partial charge on any atom is 2.00 e. The van der Waals surface area contributed by atoms with Gasteiger partial charge in [-0.1, -0.05) is 48.0 Å². The summed E-state index contributed by atoms with van der Waals surface area (Å²) in [6.45, 7) is 2.08. The van der Waals surface area contributed by atoms with Gasteiger partial charge in [0.2, 0.25) is 0 Å². The number of amides is 1. The Bertz CT molecular complexity index is 1340. The zero-order chi connectivity index (χ0) is 21.9. The molecule has 164 valence electrons. The van der Waals surface area contributed by atoms with Gasteiger partial charge in [-0.2, -0.15) is 36.4 Å². The van der Waals surface area contributed by atoms with Gasteiger partial charge >= 0.3 is 17.1 Å². The van der Waals surface area contributed by atoms with Gasteiger partial charge in [0.1, 0.15) is 0 Å². The van der Waals surface area contributed by atoms with Crippen LogP contribution in [-0.4, -0.2) is 15.8 Å². The third-order valence-corrected chi connectivity index (χ3v) is 5.90. The smallest absolute Gasteiger partial charge is 0.358 e. The Morgan fingerprint density at radius 2 is 1.67 bits per heavy atom. The zero-order valence-corrected chi connectivity index (χ0v) is 19.4. The van der Waals surface area contributed by atoms with Crippen molar-refractivity contribution in [3.8, 4) is 0 Å². The Hall–Kier alpha value is -3.59. The fourth-order valence-corrected chi connectivity index (χ4v) is 4.42. The fourth-order valence-electron chi connectivity index (χ4n) is 4.42. The molecule has 6 rings (SSSR count). The van der Waals surface area contributed by atoms with Crippen molar-refractivity contribution in [1.82, 2.24) is 9.88 Å². The van der Waals surface area contributed by atoms with Crippen molar-refractivity contribution < 1.29 is 21.9 Å². The zero-order valence-electron chi connectivity index (χ0n) is 18.3. The van der Waals surface area contributed by atoms with Gasteiger partial charge in [0.25, 0.3) is 0 Å². The molecule has 1 unspecified atom stereocenters. The van der Waals surface area contributed by atoms with Crippen molar-refractivity contribution >= 4 is 22.9 Å². The van der Waals surface area contributed by atoms with Crippen molar-refractivity contribution in [2.45, 2.75) is 13.0 Å². The fraction of sp³-hybridized carbons (Fsp3) is 0.0690. The van der Waals surface area contributed by atoms with Gasteiger partial charge in [-0.25, -0.2) is 12.1 Å². The van der Waals surface area contributed by atoms with E-state index < -0.39 is 0 Å². The van der Waals surface area contributed by atoms with Crippen LogP contribution in [0.2, 0.25) is 0 Å². The molecule has 1 amide bonds. The minimum atomic E-state index is -0.162. The first kappa shape index (κ1) is 22.6. The van der Waals surface area contributed by atoms with Crippen molar-refractivity contribution in [3.05, 3.63) is 137 Å². The predicted molar refractivity (Wildman–Crippen MR) is 131 cm³/mol. The van der Waals surface area contributed by atoms with E-state index in [1.165, 1.54) is 0 Å². The van der Waals surface area contributed by atoms with Crippen molar-refractivity contribution in [1.29, 1.82) is 0 Å². The summed E-state index contributed by atoms with van der Waals surface area (Å²) in [6.07, 6.45) is 3.94. The van der Waals surface area contributed by atoms with Crippen LogP contribution in [0.15, 0.2) is 109 Å². The topological polar surface area (TPSA) is 36.1 Å². The Labute approximate surface area is 204 Å². The van der Waals surface area contributed by atoms with Gasteiger partial charge in [0.15, 0.2) is 5.91 Å². The summed E-state index contributed by atoms with van der Waals surface area (Å²) >= 11 is 0. The number of hydrogen-bond acceptors (Lipinski definition) is 1. The minimum Gasteiger partial charge on any atom is -0.358 e. The number of carbonyl (C=O) groups is 1. The van der Waals surface area contributed by atoms with Gasteiger partial charge in [-0.05, 0) is 36.4 Å². The normalized spacial score (nSPS) is 14.2. The van der Waals surface area contributed by atoms with Gasteiger partial charge < -0.3 is 14.7 Å². The molecule has 1 aliphatic heterocycles. The van der Waals surface area contributed by atoms with E-state index in [0.29, 0.717) is 5.56 Å². The van der Waals surface area contributed by atoms with Crippen LogP contribution in [0.1, 0.15) is 38.8 Å². The molecule has 1 N–H and O–H groups in total. The standard InChI is InChI=1S/C24H19N2O.C5H5.Fe/c1-16-22(20-12-6-7-13-21(20)25-16)23-19-11-5-4-8-17(19)14-15-26(23)24(27)18-9-2-3-10-18;1-2-4-5-3-1;/h2-15,23,25H,1H3;1-5H;/q2*-1;+2. The predicted octanol–water partition coefficient (Wildman–Crippen LogP) is 6.81. The van der Waals surface area contributed by atoms with E-state index in [9.17, 15) is 4.79 Å². The van der Waals surface area contributed by atoms with Crippen LogP contribution in [-0.2, 0) is 17.1 Å². The molecule has 3 nitrogen and oxygen atoms in total.